The van der Waals surface area contributed by atoms with Crippen molar-refractivity contribution in [3.63, 3.8) is 0 Å². The van der Waals surface area contributed by atoms with Crippen molar-refractivity contribution in [3.05, 3.63) is 108 Å². The Labute approximate surface area is 237 Å². The van der Waals surface area contributed by atoms with E-state index < -0.39 is 8.60 Å². The van der Waals surface area contributed by atoms with Gasteiger partial charge in [-0.2, -0.15) is 35.3 Å². The third kappa shape index (κ3) is 15.3. The highest BCUT2D eigenvalue weighted by molar-refractivity contribution is 7.98. The van der Waals surface area contributed by atoms with Gasteiger partial charge in [0.05, 0.1) is 19.8 Å². The molecule has 0 saturated heterocycles. The Hall–Kier alpha value is -0.980. The highest BCUT2D eigenvalue weighted by atomic mass is 32.2. The number of benzene rings is 3. The first-order valence-corrected chi connectivity index (χ1v) is 17.5. The normalized spacial score (nSPS) is 11.3. The molecule has 37 heavy (non-hydrogen) atoms. The largest absolute Gasteiger partial charge is 0.332 e. The molecule has 0 unspecified atom stereocenters. The summed E-state index contributed by atoms with van der Waals surface area (Å²) in [5.41, 5.74) is 4.12. The van der Waals surface area contributed by atoms with Crippen LogP contribution >= 0.6 is 43.9 Å². The van der Waals surface area contributed by atoms with Gasteiger partial charge in [0.15, 0.2) is 0 Å². The predicted octanol–water partition coefficient (Wildman–Crippen LogP) is 9.23. The van der Waals surface area contributed by atoms with Crippen molar-refractivity contribution in [2.75, 3.05) is 37.1 Å². The van der Waals surface area contributed by atoms with Crippen LogP contribution in [0.15, 0.2) is 91.0 Å². The molecule has 0 bridgehead atoms. The molecule has 3 aromatic rings. The minimum atomic E-state index is -1.28. The third-order valence-corrected chi connectivity index (χ3v) is 9.75. The Balaban J connectivity index is 1.26. The maximum Gasteiger partial charge on any atom is 0.332 e. The van der Waals surface area contributed by atoms with Crippen LogP contribution in [0.3, 0.4) is 0 Å². The summed E-state index contributed by atoms with van der Waals surface area (Å²) in [4.78, 5) is 0. The van der Waals surface area contributed by atoms with E-state index in [0.29, 0.717) is 19.8 Å². The van der Waals surface area contributed by atoms with Crippen LogP contribution in [0.5, 0.6) is 0 Å². The summed E-state index contributed by atoms with van der Waals surface area (Å²) in [6.45, 7) is 2.04. The molecule has 0 spiro atoms. The zero-order chi connectivity index (χ0) is 25.6. The second kappa shape index (κ2) is 20.9. The van der Waals surface area contributed by atoms with E-state index in [1.165, 1.54) is 16.7 Å². The van der Waals surface area contributed by atoms with E-state index in [1.54, 1.807) is 0 Å². The Morgan fingerprint density at radius 3 is 1.03 bits per heavy atom. The topological polar surface area (TPSA) is 27.7 Å². The van der Waals surface area contributed by atoms with Gasteiger partial charge in [0, 0.05) is 17.3 Å². The molecule has 0 aliphatic carbocycles. The van der Waals surface area contributed by atoms with Gasteiger partial charge < -0.3 is 13.6 Å². The highest BCUT2D eigenvalue weighted by Gasteiger charge is 2.12. The molecular formula is C30H39O3PS3. The summed E-state index contributed by atoms with van der Waals surface area (Å²) in [6.07, 6.45) is 3.01. The Bertz CT molecular complexity index is 797. The van der Waals surface area contributed by atoms with E-state index in [-0.39, 0.29) is 0 Å². The van der Waals surface area contributed by atoms with Gasteiger partial charge in [-0.25, -0.2) is 0 Å². The highest BCUT2D eigenvalue weighted by Crippen LogP contribution is 2.40. The molecule has 0 radical (unpaired) electrons. The van der Waals surface area contributed by atoms with Gasteiger partial charge in [-0.05, 0) is 53.2 Å². The van der Waals surface area contributed by atoms with Gasteiger partial charge in [0.25, 0.3) is 0 Å². The van der Waals surface area contributed by atoms with Gasteiger partial charge in [0.1, 0.15) is 0 Å². The smallest absolute Gasteiger partial charge is 0.312 e. The molecule has 0 N–H and O–H groups in total. The molecule has 0 saturated carbocycles. The minimum Gasteiger partial charge on any atom is -0.312 e. The summed E-state index contributed by atoms with van der Waals surface area (Å²) in [5.74, 6) is 6.36. The molecule has 0 aromatic heterocycles. The summed E-state index contributed by atoms with van der Waals surface area (Å²) in [5, 5.41) is 0. The van der Waals surface area contributed by atoms with Gasteiger partial charge in [0.2, 0.25) is 0 Å². The van der Waals surface area contributed by atoms with Crippen LogP contribution in [0.1, 0.15) is 36.0 Å². The molecular weight excluding hydrogens is 536 g/mol. The fourth-order valence-corrected chi connectivity index (χ4v) is 7.05. The first-order valence-electron chi connectivity index (χ1n) is 12.9. The van der Waals surface area contributed by atoms with Crippen LogP contribution in [-0.4, -0.2) is 37.1 Å². The molecule has 3 nitrogen and oxygen atoms in total. The summed E-state index contributed by atoms with van der Waals surface area (Å²) >= 11 is 5.84. The second-order valence-electron chi connectivity index (χ2n) is 8.40. The fourth-order valence-electron chi connectivity index (χ4n) is 3.30. The molecule has 0 atom stereocenters. The fraction of sp³-hybridized carbons (Fsp3) is 0.400. The van der Waals surface area contributed by atoms with Crippen molar-refractivity contribution in [1.29, 1.82) is 0 Å². The lowest BCUT2D eigenvalue weighted by Crippen LogP contribution is -2.02. The summed E-state index contributed by atoms with van der Waals surface area (Å²) < 4.78 is 18.1. The summed E-state index contributed by atoms with van der Waals surface area (Å²) in [7, 11) is -1.28. The van der Waals surface area contributed by atoms with E-state index in [4.69, 9.17) is 13.6 Å². The molecule has 0 aliphatic heterocycles. The standard InChI is InChI=1S/C30H39O3PS3/c1-4-13-28(14-5-1)25-35-22-10-19-31-34(32-20-11-23-36-26-29-15-6-2-7-16-29)33-21-12-24-37-27-30-17-8-3-9-18-30/h1-9,13-18H,10-12,19-27H2. The Morgan fingerprint density at radius 1 is 0.432 bits per heavy atom. The second-order valence-corrected chi connectivity index (χ2v) is 12.9. The van der Waals surface area contributed by atoms with E-state index in [0.717, 1.165) is 53.8 Å². The Kier molecular flexibility index (Phi) is 17.3. The van der Waals surface area contributed by atoms with Gasteiger partial charge >= 0.3 is 8.60 Å². The first kappa shape index (κ1) is 30.6. The molecule has 0 aliphatic rings. The van der Waals surface area contributed by atoms with E-state index >= 15 is 0 Å². The van der Waals surface area contributed by atoms with Crippen molar-refractivity contribution in [1.82, 2.24) is 0 Å². The number of rotatable bonds is 21. The Morgan fingerprint density at radius 2 is 0.730 bits per heavy atom. The number of thioether (sulfide) groups is 3. The average Bonchev–Trinajstić information content (AvgIpc) is 2.95. The number of hydrogen-bond acceptors (Lipinski definition) is 6. The minimum absolute atomic E-state index is 0.680. The zero-order valence-electron chi connectivity index (χ0n) is 21.5. The van der Waals surface area contributed by atoms with Crippen LogP contribution in [0.25, 0.3) is 0 Å². The average molecular weight is 575 g/mol. The van der Waals surface area contributed by atoms with Crippen LogP contribution in [0.4, 0.5) is 0 Å². The maximum absolute atomic E-state index is 6.04. The number of hydrogen-bond donors (Lipinski definition) is 0. The van der Waals surface area contributed by atoms with Crippen LogP contribution < -0.4 is 0 Å². The lowest BCUT2D eigenvalue weighted by Gasteiger charge is -2.17. The molecule has 7 heteroatoms. The maximum atomic E-state index is 6.04. The van der Waals surface area contributed by atoms with E-state index in [2.05, 4.69) is 91.0 Å². The van der Waals surface area contributed by atoms with Crippen molar-refractivity contribution in [2.45, 2.75) is 36.5 Å². The van der Waals surface area contributed by atoms with Crippen molar-refractivity contribution in [2.24, 2.45) is 0 Å². The van der Waals surface area contributed by atoms with Crippen LogP contribution in [0.2, 0.25) is 0 Å². The van der Waals surface area contributed by atoms with E-state index in [9.17, 15) is 0 Å². The SMILES string of the molecule is c1ccc(CSCCCOP(OCCCSCc2ccccc2)OCCCSCc2ccccc2)cc1. The van der Waals surface area contributed by atoms with E-state index in [1.807, 2.05) is 35.3 Å². The van der Waals surface area contributed by atoms with Crippen LogP contribution in [0, 0.1) is 0 Å². The molecule has 3 rings (SSSR count). The van der Waals surface area contributed by atoms with Gasteiger partial charge in [-0.15, -0.1) is 0 Å². The van der Waals surface area contributed by atoms with Gasteiger partial charge in [-0.3, -0.25) is 0 Å². The predicted molar refractivity (Wildman–Crippen MR) is 166 cm³/mol. The summed E-state index contributed by atoms with van der Waals surface area (Å²) in [6, 6.07) is 31.9. The van der Waals surface area contributed by atoms with Crippen molar-refractivity contribution in [3.8, 4) is 0 Å². The first-order chi connectivity index (χ1) is 18.4. The van der Waals surface area contributed by atoms with Crippen LogP contribution in [-0.2, 0) is 30.8 Å². The molecule has 3 aromatic carbocycles. The quantitative estimate of drug-likeness (QED) is 0.0930. The zero-order valence-corrected chi connectivity index (χ0v) is 24.9. The lowest BCUT2D eigenvalue weighted by molar-refractivity contribution is 0.161. The third-order valence-electron chi connectivity index (χ3n) is 5.22. The van der Waals surface area contributed by atoms with Crippen molar-refractivity contribution < 1.29 is 13.6 Å². The van der Waals surface area contributed by atoms with Crippen molar-refractivity contribution >= 4 is 43.9 Å². The molecule has 0 fully saturated rings. The van der Waals surface area contributed by atoms with Gasteiger partial charge in [-0.1, -0.05) is 91.0 Å². The lowest BCUT2D eigenvalue weighted by atomic mass is 10.2. The molecule has 0 heterocycles. The molecule has 200 valence electrons. The molecule has 0 amide bonds. The monoisotopic (exact) mass is 574 g/mol.